The predicted molar refractivity (Wildman–Crippen MR) is 62.5 cm³/mol. The summed E-state index contributed by atoms with van der Waals surface area (Å²) in [4.78, 5) is 10.9. The molecule has 1 heterocycles. The highest BCUT2D eigenvalue weighted by atomic mass is 16.1. The molecule has 0 spiro atoms. The number of carbonyl (C=O) groups excluding carboxylic acids is 1. The number of benzene rings is 1. The molecule has 0 aliphatic heterocycles. The van der Waals surface area contributed by atoms with E-state index in [0.29, 0.717) is 0 Å². The summed E-state index contributed by atoms with van der Waals surface area (Å²) in [6, 6.07) is 4.07. The number of rotatable bonds is 1. The van der Waals surface area contributed by atoms with Crippen LogP contribution in [0.2, 0.25) is 0 Å². The van der Waals surface area contributed by atoms with Gasteiger partial charge in [-0.1, -0.05) is 0 Å². The molecule has 0 bridgehead atoms. The van der Waals surface area contributed by atoms with Gasteiger partial charge in [0.15, 0.2) is 0 Å². The lowest BCUT2D eigenvalue weighted by Gasteiger charge is -2.01. The summed E-state index contributed by atoms with van der Waals surface area (Å²) in [6.45, 7) is 6.17. The van der Waals surface area contributed by atoms with Crippen LogP contribution in [0.5, 0.6) is 0 Å². The average Bonchev–Trinajstić information content (AvgIpc) is 2.43. The molecule has 1 aromatic carbocycles. The Morgan fingerprint density at radius 1 is 1.20 bits per heavy atom. The zero-order valence-corrected chi connectivity index (χ0v) is 9.59. The fourth-order valence-electron chi connectivity index (χ4n) is 2.04. The Labute approximate surface area is 89.5 Å². The number of hydrogen-bond donors (Lipinski definition) is 0. The van der Waals surface area contributed by atoms with Crippen LogP contribution in [-0.2, 0) is 7.05 Å². The van der Waals surface area contributed by atoms with Gasteiger partial charge in [0.2, 0.25) is 0 Å². The maximum atomic E-state index is 10.9. The quantitative estimate of drug-likeness (QED) is 0.650. The number of aromatic nitrogens is 1. The number of fused-ring (bicyclic) bond motifs is 1. The van der Waals surface area contributed by atoms with Crippen LogP contribution >= 0.6 is 0 Å². The largest absolute Gasteiger partial charge is 0.348 e. The number of carbonyl (C=O) groups is 1. The molecule has 0 unspecified atom stereocenters. The van der Waals surface area contributed by atoms with Crippen LogP contribution in [0.15, 0.2) is 12.1 Å². The number of aldehydes is 1. The van der Waals surface area contributed by atoms with Crippen LogP contribution < -0.4 is 0 Å². The summed E-state index contributed by atoms with van der Waals surface area (Å²) in [6.07, 6.45) is 0.927. The van der Waals surface area contributed by atoms with E-state index < -0.39 is 0 Å². The molecule has 78 valence electrons. The molecule has 2 nitrogen and oxygen atoms in total. The molecule has 0 saturated heterocycles. The molecule has 0 saturated carbocycles. The van der Waals surface area contributed by atoms with Crippen molar-refractivity contribution < 1.29 is 4.79 Å². The smallest absolute Gasteiger partial charge is 0.150 e. The van der Waals surface area contributed by atoms with Crippen molar-refractivity contribution in [2.45, 2.75) is 20.8 Å². The van der Waals surface area contributed by atoms with Crippen LogP contribution in [0.4, 0.5) is 0 Å². The summed E-state index contributed by atoms with van der Waals surface area (Å²) in [5.41, 5.74) is 5.55. The van der Waals surface area contributed by atoms with Gasteiger partial charge in [0.1, 0.15) is 6.29 Å². The lowest BCUT2D eigenvalue weighted by atomic mass is 10.0. The zero-order chi connectivity index (χ0) is 11.2. The third kappa shape index (κ3) is 1.29. The molecule has 0 radical (unpaired) electrons. The zero-order valence-electron chi connectivity index (χ0n) is 9.59. The molecule has 0 aliphatic carbocycles. The monoisotopic (exact) mass is 201 g/mol. The molecule has 2 aromatic rings. The van der Waals surface area contributed by atoms with Gasteiger partial charge in [-0.2, -0.15) is 0 Å². The van der Waals surface area contributed by atoms with E-state index in [9.17, 15) is 4.79 Å². The first-order chi connectivity index (χ1) is 7.06. The maximum absolute atomic E-state index is 10.9. The van der Waals surface area contributed by atoms with Gasteiger partial charge in [0, 0.05) is 29.2 Å². The number of hydrogen-bond acceptors (Lipinski definition) is 1. The fraction of sp³-hybridized carbons (Fsp3) is 0.308. The molecule has 2 heteroatoms. The van der Waals surface area contributed by atoms with Gasteiger partial charge in [0.25, 0.3) is 0 Å². The second-order valence-electron chi connectivity index (χ2n) is 4.11. The van der Waals surface area contributed by atoms with Crippen molar-refractivity contribution in [1.29, 1.82) is 0 Å². The summed E-state index contributed by atoms with van der Waals surface area (Å²) >= 11 is 0. The molecular formula is C13H15NO. The van der Waals surface area contributed by atoms with Crippen molar-refractivity contribution >= 4 is 17.2 Å². The van der Waals surface area contributed by atoms with E-state index >= 15 is 0 Å². The van der Waals surface area contributed by atoms with E-state index in [2.05, 4.69) is 31.5 Å². The maximum Gasteiger partial charge on any atom is 0.150 e. The molecule has 2 rings (SSSR count). The first-order valence-electron chi connectivity index (χ1n) is 5.07. The van der Waals surface area contributed by atoms with Gasteiger partial charge in [-0.25, -0.2) is 0 Å². The Kier molecular flexibility index (Phi) is 2.14. The van der Waals surface area contributed by atoms with Crippen LogP contribution in [0.3, 0.4) is 0 Å². The summed E-state index contributed by atoms with van der Waals surface area (Å²) in [7, 11) is 2.06. The molecule has 0 atom stereocenters. The molecule has 0 aliphatic rings. The fourth-order valence-corrected chi connectivity index (χ4v) is 2.04. The Bertz CT molecular complexity index is 549. The molecule has 0 fully saturated rings. The van der Waals surface area contributed by atoms with Crippen LogP contribution in [0, 0.1) is 20.8 Å². The minimum absolute atomic E-state index is 0.788. The molecule has 0 amide bonds. The van der Waals surface area contributed by atoms with Crippen molar-refractivity contribution in [3.05, 3.63) is 34.5 Å². The summed E-state index contributed by atoms with van der Waals surface area (Å²) in [5, 5.41) is 1.18. The minimum Gasteiger partial charge on any atom is -0.348 e. The van der Waals surface area contributed by atoms with E-state index in [1.54, 1.807) is 0 Å². The van der Waals surface area contributed by atoms with Crippen molar-refractivity contribution in [2.75, 3.05) is 0 Å². The lowest BCUT2D eigenvalue weighted by Crippen LogP contribution is -1.91. The third-order valence-corrected chi connectivity index (χ3v) is 3.32. The average molecular weight is 201 g/mol. The molecule has 15 heavy (non-hydrogen) atoms. The first kappa shape index (κ1) is 9.97. The third-order valence-electron chi connectivity index (χ3n) is 3.32. The van der Waals surface area contributed by atoms with Gasteiger partial charge in [-0.05, 0) is 44.0 Å². The highest BCUT2D eigenvalue weighted by Gasteiger charge is 2.10. The summed E-state index contributed by atoms with van der Waals surface area (Å²) < 4.78 is 2.17. The first-order valence-corrected chi connectivity index (χ1v) is 5.07. The van der Waals surface area contributed by atoms with Crippen molar-refractivity contribution in [3.8, 4) is 0 Å². The Hall–Kier alpha value is -1.57. The van der Waals surface area contributed by atoms with Gasteiger partial charge >= 0.3 is 0 Å². The van der Waals surface area contributed by atoms with Gasteiger partial charge in [-0.3, -0.25) is 4.79 Å². The van der Waals surface area contributed by atoms with Crippen LogP contribution in [-0.4, -0.2) is 10.9 Å². The van der Waals surface area contributed by atoms with E-state index in [1.165, 1.54) is 22.2 Å². The second kappa shape index (κ2) is 3.23. The highest BCUT2D eigenvalue weighted by Crippen LogP contribution is 2.26. The van der Waals surface area contributed by atoms with E-state index in [-0.39, 0.29) is 0 Å². The molecule has 0 N–H and O–H groups in total. The summed E-state index contributed by atoms with van der Waals surface area (Å²) in [5.74, 6) is 0. The Morgan fingerprint density at radius 2 is 1.87 bits per heavy atom. The highest BCUT2D eigenvalue weighted by molar-refractivity contribution is 5.92. The van der Waals surface area contributed by atoms with Crippen molar-refractivity contribution in [2.24, 2.45) is 7.05 Å². The molecular weight excluding hydrogens is 186 g/mol. The van der Waals surface area contributed by atoms with Gasteiger partial charge in [-0.15, -0.1) is 0 Å². The van der Waals surface area contributed by atoms with Gasteiger partial charge < -0.3 is 4.57 Å². The standard InChI is InChI=1S/C13H15NO/c1-8-5-13-12(6-11(8)7-15)9(2)10(3)14(13)4/h5-7H,1-4H3. The minimum atomic E-state index is 0.788. The topological polar surface area (TPSA) is 22.0 Å². The van der Waals surface area contributed by atoms with Crippen molar-refractivity contribution in [1.82, 2.24) is 4.57 Å². The van der Waals surface area contributed by atoms with Gasteiger partial charge in [0.05, 0.1) is 0 Å². The second-order valence-corrected chi connectivity index (χ2v) is 4.11. The van der Waals surface area contributed by atoms with E-state index in [1.807, 2.05) is 13.0 Å². The lowest BCUT2D eigenvalue weighted by molar-refractivity contribution is 0.112. The van der Waals surface area contributed by atoms with Crippen molar-refractivity contribution in [3.63, 3.8) is 0 Å². The number of nitrogens with zero attached hydrogens (tertiary/aromatic N) is 1. The Morgan fingerprint density at radius 3 is 2.47 bits per heavy atom. The van der Waals surface area contributed by atoms with Crippen LogP contribution in [0.25, 0.3) is 10.9 Å². The normalized spacial score (nSPS) is 10.9. The van der Waals surface area contributed by atoms with E-state index in [4.69, 9.17) is 0 Å². The SMILES string of the molecule is Cc1cc2c(cc1C=O)c(C)c(C)n2C. The number of aryl methyl sites for hydroxylation is 3. The Balaban J connectivity index is 2.93. The van der Waals surface area contributed by atoms with Crippen LogP contribution in [0.1, 0.15) is 27.2 Å². The predicted octanol–water partition coefficient (Wildman–Crippen LogP) is 2.92. The van der Waals surface area contributed by atoms with E-state index in [0.717, 1.165) is 17.4 Å². The molecule has 1 aromatic heterocycles.